The molecule has 0 atom stereocenters. The molecular weight excluding hydrogens is 308 g/mol. The Balaban J connectivity index is 2.07. The molecule has 0 radical (unpaired) electrons. The zero-order chi connectivity index (χ0) is 16.0. The van der Waals surface area contributed by atoms with Crippen LogP contribution in [0.15, 0.2) is 45.6 Å². The summed E-state index contributed by atoms with van der Waals surface area (Å²) in [6.45, 7) is 3.95. The Morgan fingerprint density at radius 2 is 1.96 bits per heavy atom. The number of aryl methyl sites for hydroxylation is 2. The molecule has 3 heterocycles. The molecule has 23 heavy (non-hydrogen) atoms. The van der Waals surface area contributed by atoms with E-state index in [1.165, 1.54) is 11.3 Å². The number of benzene rings is 1. The van der Waals surface area contributed by atoms with Crippen molar-refractivity contribution in [1.29, 1.82) is 0 Å². The summed E-state index contributed by atoms with van der Waals surface area (Å²) in [6.07, 6.45) is 0.594. The molecule has 0 aliphatic heterocycles. The summed E-state index contributed by atoms with van der Waals surface area (Å²) in [7, 11) is 0. The number of aromatic nitrogens is 2. The monoisotopic (exact) mass is 322 g/mol. The van der Waals surface area contributed by atoms with Gasteiger partial charge in [0.2, 0.25) is 0 Å². The zero-order valence-corrected chi connectivity index (χ0v) is 13.6. The van der Waals surface area contributed by atoms with E-state index in [0.29, 0.717) is 22.5 Å². The first kappa shape index (κ1) is 14.1. The summed E-state index contributed by atoms with van der Waals surface area (Å²) in [4.78, 5) is 22.2. The van der Waals surface area contributed by atoms with Crippen LogP contribution in [0.5, 0.6) is 0 Å². The second-order valence-electron chi connectivity index (χ2n) is 5.40. The van der Waals surface area contributed by atoms with E-state index >= 15 is 0 Å². The van der Waals surface area contributed by atoms with Gasteiger partial charge in [0.15, 0.2) is 5.89 Å². The van der Waals surface area contributed by atoms with E-state index in [0.717, 1.165) is 27.0 Å². The Hall–Kier alpha value is -2.53. The summed E-state index contributed by atoms with van der Waals surface area (Å²) in [5.74, 6) is 0.466. The molecule has 0 aliphatic carbocycles. The molecule has 3 aromatic heterocycles. The number of hydrogen-bond acceptors (Lipinski definition) is 5. The lowest BCUT2D eigenvalue weighted by Gasteiger charge is -2.03. The van der Waals surface area contributed by atoms with Crippen LogP contribution in [0.2, 0.25) is 0 Å². The van der Waals surface area contributed by atoms with Gasteiger partial charge in [0.25, 0.3) is 0 Å². The maximum absolute atomic E-state index is 12.2. The summed E-state index contributed by atoms with van der Waals surface area (Å²) >= 11 is 1.35. The van der Waals surface area contributed by atoms with Crippen LogP contribution in [-0.4, -0.2) is 9.97 Å². The number of thiophene rings is 1. The molecule has 0 spiro atoms. The van der Waals surface area contributed by atoms with Crippen LogP contribution in [0.3, 0.4) is 0 Å². The molecule has 114 valence electrons. The van der Waals surface area contributed by atoms with Crippen molar-refractivity contribution < 1.29 is 4.42 Å². The average molecular weight is 322 g/mol. The quantitative estimate of drug-likeness (QED) is 0.551. The molecule has 4 nitrogen and oxygen atoms in total. The lowest BCUT2D eigenvalue weighted by molar-refractivity contribution is 0.451. The van der Waals surface area contributed by atoms with Gasteiger partial charge >= 0.3 is 5.63 Å². The van der Waals surface area contributed by atoms with E-state index in [2.05, 4.69) is 4.98 Å². The molecule has 4 rings (SSSR count). The topological polar surface area (TPSA) is 56.0 Å². The highest BCUT2D eigenvalue weighted by molar-refractivity contribution is 7.25. The second-order valence-corrected chi connectivity index (χ2v) is 6.40. The molecule has 0 saturated carbocycles. The van der Waals surface area contributed by atoms with Crippen LogP contribution in [0, 0.1) is 6.92 Å². The number of nitrogens with zero attached hydrogens (tertiary/aromatic N) is 2. The molecule has 0 amide bonds. The van der Waals surface area contributed by atoms with Crippen LogP contribution in [0.1, 0.15) is 18.4 Å². The van der Waals surface area contributed by atoms with Gasteiger partial charge in [0, 0.05) is 17.4 Å². The van der Waals surface area contributed by atoms with Crippen LogP contribution < -0.4 is 5.63 Å². The lowest BCUT2D eigenvalue weighted by atomic mass is 10.1. The highest BCUT2D eigenvalue weighted by atomic mass is 32.1. The molecular formula is C18H14N2O2S. The highest BCUT2D eigenvalue weighted by Crippen LogP contribution is 2.34. The minimum absolute atomic E-state index is 0.324. The third kappa shape index (κ3) is 2.24. The minimum atomic E-state index is -0.324. The maximum atomic E-state index is 12.2. The first-order valence-electron chi connectivity index (χ1n) is 7.46. The number of fused-ring (bicyclic) bond motifs is 3. The Morgan fingerprint density at radius 1 is 1.17 bits per heavy atom. The lowest BCUT2D eigenvalue weighted by Crippen LogP contribution is -2.02. The smallest absolute Gasteiger partial charge is 0.357 e. The summed E-state index contributed by atoms with van der Waals surface area (Å²) in [5, 5.41) is 0.951. The predicted molar refractivity (Wildman–Crippen MR) is 93.0 cm³/mol. The van der Waals surface area contributed by atoms with Gasteiger partial charge in [-0.3, -0.25) is 0 Å². The average Bonchev–Trinajstić information content (AvgIpc) is 2.95. The zero-order valence-electron chi connectivity index (χ0n) is 12.8. The molecule has 1 aromatic carbocycles. The molecule has 0 unspecified atom stereocenters. The van der Waals surface area contributed by atoms with Crippen LogP contribution in [0.25, 0.3) is 31.7 Å². The summed E-state index contributed by atoms with van der Waals surface area (Å²) < 4.78 is 5.78. The number of hydrogen-bond donors (Lipinski definition) is 0. The van der Waals surface area contributed by atoms with Gasteiger partial charge in [0.1, 0.15) is 15.0 Å². The van der Waals surface area contributed by atoms with Crippen molar-refractivity contribution in [3.05, 3.63) is 58.3 Å². The van der Waals surface area contributed by atoms with Crippen LogP contribution >= 0.6 is 11.3 Å². The molecule has 0 bridgehead atoms. The third-order valence-corrected chi connectivity index (χ3v) is 4.89. The molecule has 0 aliphatic rings. The molecule has 0 N–H and O–H groups in total. The van der Waals surface area contributed by atoms with Crippen molar-refractivity contribution in [1.82, 2.24) is 9.97 Å². The number of rotatable bonds is 2. The van der Waals surface area contributed by atoms with Crippen molar-refractivity contribution in [2.75, 3.05) is 0 Å². The fourth-order valence-corrected chi connectivity index (χ4v) is 3.78. The van der Waals surface area contributed by atoms with Crippen molar-refractivity contribution in [2.24, 2.45) is 0 Å². The second kappa shape index (κ2) is 5.28. The van der Waals surface area contributed by atoms with Crippen LogP contribution in [0.4, 0.5) is 0 Å². The Kier molecular flexibility index (Phi) is 3.23. The van der Waals surface area contributed by atoms with E-state index in [4.69, 9.17) is 9.40 Å². The van der Waals surface area contributed by atoms with E-state index < -0.39 is 0 Å². The predicted octanol–water partition coefficient (Wildman–Crippen LogP) is 4.34. The summed E-state index contributed by atoms with van der Waals surface area (Å²) in [6, 6.07) is 12.1. The van der Waals surface area contributed by atoms with Crippen molar-refractivity contribution >= 4 is 31.8 Å². The third-order valence-electron chi connectivity index (χ3n) is 3.84. The fraction of sp³-hybridized carbons (Fsp3) is 0.167. The van der Waals surface area contributed by atoms with Crippen molar-refractivity contribution in [3.8, 4) is 11.3 Å². The summed E-state index contributed by atoms with van der Waals surface area (Å²) in [5.41, 5.74) is 3.42. The first-order chi connectivity index (χ1) is 11.2. The Morgan fingerprint density at radius 3 is 2.70 bits per heavy atom. The van der Waals surface area contributed by atoms with Gasteiger partial charge in [-0.25, -0.2) is 14.8 Å². The normalized spacial score (nSPS) is 11.4. The Labute approximate surface area is 136 Å². The van der Waals surface area contributed by atoms with Gasteiger partial charge in [-0.15, -0.1) is 11.3 Å². The van der Waals surface area contributed by atoms with Crippen molar-refractivity contribution in [2.45, 2.75) is 20.3 Å². The van der Waals surface area contributed by atoms with Gasteiger partial charge < -0.3 is 4.42 Å². The standard InChI is InChI=1S/C18H14N2O2S/c1-3-13-20-15-14-10(2)9-12(11-7-5-4-6-8-11)19-17(14)23-16(15)18(21)22-13/h4-9H,3H2,1-2H3. The van der Waals surface area contributed by atoms with Gasteiger partial charge in [-0.05, 0) is 18.6 Å². The largest absolute Gasteiger partial charge is 0.407 e. The van der Waals surface area contributed by atoms with Crippen molar-refractivity contribution in [3.63, 3.8) is 0 Å². The van der Waals surface area contributed by atoms with Gasteiger partial charge in [0.05, 0.1) is 5.69 Å². The van der Waals surface area contributed by atoms with Crippen LogP contribution in [-0.2, 0) is 6.42 Å². The molecule has 4 aromatic rings. The minimum Gasteiger partial charge on any atom is -0.407 e. The first-order valence-corrected chi connectivity index (χ1v) is 8.28. The van der Waals surface area contributed by atoms with E-state index in [1.807, 2.05) is 50.2 Å². The number of pyridine rings is 1. The van der Waals surface area contributed by atoms with Gasteiger partial charge in [-0.2, -0.15) is 0 Å². The Bertz CT molecular complexity index is 1080. The van der Waals surface area contributed by atoms with E-state index in [9.17, 15) is 4.79 Å². The molecule has 5 heteroatoms. The SMILES string of the molecule is CCc1nc2c(sc3nc(-c4ccccc4)cc(C)c32)c(=O)o1. The molecule has 0 saturated heterocycles. The fourth-order valence-electron chi connectivity index (χ4n) is 2.72. The maximum Gasteiger partial charge on any atom is 0.357 e. The highest BCUT2D eigenvalue weighted by Gasteiger charge is 2.16. The van der Waals surface area contributed by atoms with Gasteiger partial charge in [-0.1, -0.05) is 37.3 Å². The van der Waals surface area contributed by atoms with E-state index in [-0.39, 0.29) is 5.63 Å². The molecule has 0 fully saturated rings. The van der Waals surface area contributed by atoms with E-state index in [1.54, 1.807) is 0 Å².